The number of hydrogen-bond acceptors (Lipinski definition) is 3. The van der Waals surface area contributed by atoms with Crippen molar-refractivity contribution in [2.24, 2.45) is 0 Å². The van der Waals surface area contributed by atoms with Gasteiger partial charge in [0.05, 0.1) is 17.6 Å². The summed E-state index contributed by atoms with van der Waals surface area (Å²) >= 11 is 0. The zero-order valence-corrected chi connectivity index (χ0v) is 19.6. The van der Waals surface area contributed by atoms with Gasteiger partial charge in [-0.25, -0.2) is 8.42 Å². The van der Waals surface area contributed by atoms with Crippen LogP contribution in [0.1, 0.15) is 62.6 Å². The van der Waals surface area contributed by atoms with E-state index >= 15 is 0 Å². The molecule has 0 fully saturated rings. The maximum Gasteiger partial charge on any atom is 0.244 e. The molecular formula is C26H33NO3S. The highest BCUT2D eigenvalue weighted by molar-refractivity contribution is 7.89. The van der Waals surface area contributed by atoms with E-state index in [0.717, 1.165) is 41.5 Å². The van der Waals surface area contributed by atoms with Crippen LogP contribution in [0.25, 0.3) is 0 Å². The summed E-state index contributed by atoms with van der Waals surface area (Å²) in [5.41, 5.74) is 3.45. The Morgan fingerprint density at radius 3 is 2.52 bits per heavy atom. The fourth-order valence-electron chi connectivity index (χ4n) is 5.03. The Morgan fingerprint density at radius 2 is 1.77 bits per heavy atom. The van der Waals surface area contributed by atoms with Crippen LogP contribution in [0.5, 0.6) is 0 Å². The van der Waals surface area contributed by atoms with Crippen molar-refractivity contribution in [3.63, 3.8) is 0 Å². The number of aryl methyl sites for hydroxylation is 1. The van der Waals surface area contributed by atoms with Crippen molar-refractivity contribution in [3.05, 3.63) is 76.9 Å². The number of ether oxygens (including phenoxy) is 1. The second-order valence-electron chi connectivity index (χ2n) is 8.95. The van der Waals surface area contributed by atoms with E-state index in [4.69, 9.17) is 4.74 Å². The third-order valence-corrected chi connectivity index (χ3v) is 8.46. The Balaban J connectivity index is 1.82. The highest BCUT2D eigenvalue weighted by Gasteiger charge is 2.55. The van der Waals surface area contributed by atoms with E-state index < -0.39 is 15.6 Å². The predicted octanol–water partition coefficient (Wildman–Crippen LogP) is 5.71. The number of unbranched alkanes of at least 4 members (excludes halogenated alkanes) is 3. The van der Waals surface area contributed by atoms with Crippen molar-refractivity contribution in [1.82, 2.24) is 4.31 Å². The maximum absolute atomic E-state index is 13.9. The van der Waals surface area contributed by atoms with Crippen molar-refractivity contribution in [2.45, 2.75) is 76.0 Å². The van der Waals surface area contributed by atoms with Crippen molar-refractivity contribution < 1.29 is 13.2 Å². The zero-order chi connectivity index (χ0) is 22.1. The van der Waals surface area contributed by atoms with Crippen LogP contribution in [0.2, 0.25) is 0 Å². The number of benzene rings is 2. The van der Waals surface area contributed by atoms with E-state index in [1.807, 2.05) is 38.1 Å². The third kappa shape index (κ3) is 3.99. The average Bonchev–Trinajstić information content (AvgIpc) is 3.11. The van der Waals surface area contributed by atoms with Crippen molar-refractivity contribution in [1.29, 1.82) is 0 Å². The molecule has 0 bridgehead atoms. The summed E-state index contributed by atoms with van der Waals surface area (Å²) in [6, 6.07) is 15.3. The topological polar surface area (TPSA) is 46.6 Å². The van der Waals surface area contributed by atoms with Crippen molar-refractivity contribution >= 4 is 10.0 Å². The van der Waals surface area contributed by atoms with Gasteiger partial charge in [-0.05, 0) is 43.5 Å². The molecule has 4 nitrogen and oxygen atoms in total. The first kappa shape index (κ1) is 22.3. The van der Waals surface area contributed by atoms with Crippen LogP contribution in [-0.4, -0.2) is 25.4 Å². The quantitative estimate of drug-likeness (QED) is 0.410. The summed E-state index contributed by atoms with van der Waals surface area (Å²) in [6.45, 7) is 7.11. The van der Waals surface area contributed by atoms with E-state index in [1.54, 1.807) is 16.4 Å². The Kier molecular flexibility index (Phi) is 6.38. The van der Waals surface area contributed by atoms with E-state index in [0.29, 0.717) is 18.0 Å². The van der Waals surface area contributed by atoms with Crippen LogP contribution >= 0.6 is 0 Å². The summed E-state index contributed by atoms with van der Waals surface area (Å²) in [4.78, 5) is 0.341. The molecule has 2 unspecified atom stereocenters. The summed E-state index contributed by atoms with van der Waals surface area (Å²) in [7, 11) is -3.71. The standard InChI is InChI=1S/C26H33NO3S/c1-4-5-6-7-12-25-26(24-11-9-8-10-22(24)19-30-25)17-21(3)18-27(26)31(28,29)23-15-13-20(2)14-16-23/h8-11,13-17,25H,4-7,12,18-19H2,1-3H3. The number of fused-ring (bicyclic) bond motifs is 2. The number of hydrogen-bond donors (Lipinski definition) is 0. The highest BCUT2D eigenvalue weighted by atomic mass is 32.2. The number of sulfonamides is 1. The largest absolute Gasteiger partial charge is 0.371 e. The average molecular weight is 440 g/mol. The predicted molar refractivity (Wildman–Crippen MR) is 124 cm³/mol. The van der Waals surface area contributed by atoms with Gasteiger partial charge in [0, 0.05) is 6.54 Å². The molecule has 0 saturated heterocycles. The lowest BCUT2D eigenvalue weighted by Gasteiger charge is -2.47. The molecule has 5 heteroatoms. The smallest absolute Gasteiger partial charge is 0.244 e. The maximum atomic E-state index is 13.9. The van der Waals surface area contributed by atoms with Crippen molar-refractivity contribution in [2.75, 3.05) is 6.54 Å². The molecule has 166 valence electrons. The summed E-state index contributed by atoms with van der Waals surface area (Å²) < 4.78 is 36.0. The van der Waals surface area contributed by atoms with E-state index in [-0.39, 0.29) is 6.10 Å². The molecule has 1 spiro atoms. The lowest BCUT2D eigenvalue weighted by molar-refractivity contribution is -0.0530. The molecule has 0 aromatic heterocycles. The zero-order valence-electron chi connectivity index (χ0n) is 18.8. The second kappa shape index (κ2) is 8.89. The fourth-order valence-corrected chi connectivity index (χ4v) is 6.80. The molecule has 2 heterocycles. The van der Waals surface area contributed by atoms with Crippen LogP contribution in [0.15, 0.2) is 65.1 Å². The molecule has 2 atom stereocenters. The molecular weight excluding hydrogens is 406 g/mol. The molecule has 2 aliphatic heterocycles. The molecule has 2 aliphatic rings. The number of nitrogens with zero attached hydrogens (tertiary/aromatic N) is 1. The molecule has 2 aromatic rings. The lowest BCUT2D eigenvalue weighted by Crippen LogP contribution is -2.55. The fraction of sp³-hybridized carbons (Fsp3) is 0.462. The second-order valence-corrected chi connectivity index (χ2v) is 10.8. The molecule has 0 aliphatic carbocycles. The highest BCUT2D eigenvalue weighted by Crippen LogP contribution is 2.49. The normalized spacial score (nSPS) is 23.7. The molecule has 0 N–H and O–H groups in total. The molecule has 31 heavy (non-hydrogen) atoms. The van der Waals surface area contributed by atoms with Crippen LogP contribution in [0, 0.1) is 6.92 Å². The van der Waals surface area contributed by atoms with Gasteiger partial charge in [0.2, 0.25) is 10.0 Å². The van der Waals surface area contributed by atoms with E-state index in [1.165, 1.54) is 12.8 Å². The van der Waals surface area contributed by atoms with Gasteiger partial charge >= 0.3 is 0 Å². The third-order valence-electron chi connectivity index (χ3n) is 6.58. The molecule has 2 aromatic carbocycles. The van der Waals surface area contributed by atoms with Gasteiger partial charge in [-0.1, -0.05) is 86.2 Å². The van der Waals surface area contributed by atoms with Gasteiger partial charge in [-0.2, -0.15) is 4.31 Å². The molecule has 4 rings (SSSR count). The Labute approximate surface area is 187 Å². The van der Waals surface area contributed by atoms with E-state index in [9.17, 15) is 8.42 Å². The summed E-state index contributed by atoms with van der Waals surface area (Å²) in [5.74, 6) is 0. The minimum atomic E-state index is -3.71. The van der Waals surface area contributed by atoms with Crippen LogP contribution in [0.3, 0.4) is 0 Å². The summed E-state index contributed by atoms with van der Waals surface area (Å²) in [6.07, 6.45) is 7.34. The van der Waals surface area contributed by atoms with Gasteiger partial charge < -0.3 is 4.74 Å². The van der Waals surface area contributed by atoms with Crippen LogP contribution in [0.4, 0.5) is 0 Å². The van der Waals surface area contributed by atoms with Crippen LogP contribution in [-0.2, 0) is 26.9 Å². The van der Waals surface area contributed by atoms with Gasteiger partial charge in [-0.3, -0.25) is 0 Å². The Morgan fingerprint density at radius 1 is 1.03 bits per heavy atom. The van der Waals surface area contributed by atoms with E-state index in [2.05, 4.69) is 25.1 Å². The van der Waals surface area contributed by atoms with Crippen molar-refractivity contribution in [3.8, 4) is 0 Å². The number of rotatable bonds is 7. The Hall–Kier alpha value is -1.95. The SMILES string of the molecule is CCCCCCC1OCc2ccccc2C12C=C(C)CN2S(=O)(=O)c1ccc(C)cc1. The summed E-state index contributed by atoms with van der Waals surface area (Å²) in [5, 5.41) is 0. The molecule has 0 saturated carbocycles. The van der Waals surface area contributed by atoms with Gasteiger partial charge in [0.25, 0.3) is 0 Å². The minimum Gasteiger partial charge on any atom is -0.371 e. The molecule has 0 amide bonds. The monoisotopic (exact) mass is 439 g/mol. The first-order valence-corrected chi connectivity index (χ1v) is 12.8. The minimum absolute atomic E-state index is 0.197. The first-order valence-electron chi connectivity index (χ1n) is 11.4. The van der Waals surface area contributed by atoms with Crippen LogP contribution < -0.4 is 0 Å². The van der Waals surface area contributed by atoms with Gasteiger partial charge in [-0.15, -0.1) is 0 Å². The lowest BCUT2D eigenvalue weighted by atomic mass is 9.78. The Bertz CT molecular complexity index is 1060. The molecule has 0 radical (unpaired) electrons. The van der Waals surface area contributed by atoms with Gasteiger partial charge in [0.15, 0.2) is 0 Å². The van der Waals surface area contributed by atoms with Gasteiger partial charge in [0.1, 0.15) is 5.54 Å². The first-order chi connectivity index (χ1) is 14.9.